The summed E-state index contributed by atoms with van der Waals surface area (Å²) in [5.41, 5.74) is 1.56. The molecule has 0 aliphatic carbocycles. The molecular formula is C25H25FN4O5. The smallest absolute Gasteiger partial charge is 0.354 e. The number of aryl methyl sites for hydroxylation is 2. The Hall–Kier alpha value is -4.21. The molecule has 1 aliphatic heterocycles. The number of carbonyl (C=O) groups excluding carboxylic acids is 3. The van der Waals surface area contributed by atoms with Crippen molar-refractivity contribution in [2.75, 3.05) is 13.7 Å². The standard InChI is InChI=1S/C25H25FN4O5/c1-14-18(15(2)28-20(14)25(34)35-3)22(31)19-21(16-5-7-17(26)8-6-16)30(24(33)23(19)32)11-4-10-29-12-9-27-13-29/h5-9,12-13,21,28,31H,4,10-11H2,1-3H3/b22-19+/t21-/m0/s1. The van der Waals surface area contributed by atoms with Crippen LogP contribution in [0, 0.1) is 19.7 Å². The number of carbonyl (C=O) groups is 3. The molecule has 0 saturated carbocycles. The molecule has 3 heterocycles. The third kappa shape index (κ3) is 4.34. The number of aromatic nitrogens is 3. The molecule has 0 radical (unpaired) electrons. The first-order valence-corrected chi connectivity index (χ1v) is 11.0. The second-order valence-corrected chi connectivity index (χ2v) is 8.31. The van der Waals surface area contributed by atoms with E-state index < -0.39 is 35.3 Å². The van der Waals surface area contributed by atoms with Gasteiger partial charge in [0.15, 0.2) is 0 Å². The van der Waals surface area contributed by atoms with Gasteiger partial charge < -0.3 is 24.3 Å². The molecule has 0 unspecified atom stereocenters. The number of aliphatic hydroxyl groups excluding tert-OH is 1. The van der Waals surface area contributed by atoms with Gasteiger partial charge in [-0.15, -0.1) is 0 Å². The van der Waals surface area contributed by atoms with Gasteiger partial charge in [-0.3, -0.25) is 9.59 Å². The third-order valence-corrected chi connectivity index (χ3v) is 6.16. The zero-order valence-electron chi connectivity index (χ0n) is 19.5. The largest absolute Gasteiger partial charge is 0.507 e. The number of nitrogens with zero attached hydrogens (tertiary/aromatic N) is 3. The van der Waals surface area contributed by atoms with Crippen LogP contribution in [0.5, 0.6) is 0 Å². The van der Waals surface area contributed by atoms with Crippen molar-refractivity contribution >= 4 is 23.4 Å². The Morgan fingerprint density at radius 3 is 2.54 bits per heavy atom. The van der Waals surface area contributed by atoms with Gasteiger partial charge >= 0.3 is 5.97 Å². The van der Waals surface area contributed by atoms with Crippen LogP contribution in [0.4, 0.5) is 4.39 Å². The Balaban J connectivity index is 1.79. The van der Waals surface area contributed by atoms with E-state index in [-0.39, 0.29) is 23.4 Å². The predicted octanol–water partition coefficient (Wildman–Crippen LogP) is 3.27. The zero-order valence-corrected chi connectivity index (χ0v) is 19.5. The summed E-state index contributed by atoms with van der Waals surface area (Å²) in [4.78, 5) is 46.7. The third-order valence-electron chi connectivity index (χ3n) is 6.16. The van der Waals surface area contributed by atoms with Crippen LogP contribution >= 0.6 is 0 Å². The van der Waals surface area contributed by atoms with Crippen LogP contribution in [-0.2, 0) is 20.9 Å². The molecule has 1 aromatic carbocycles. The van der Waals surface area contributed by atoms with E-state index in [1.807, 2.05) is 4.57 Å². The maximum Gasteiger partial charge on any atom is 0.354 e. The van der Waals surface area contributed by atoms with Gasteiger partial charge in [-0.25, -0.2) is 14.2 Å². The molecule has 1 saturated heterocycles. The number of Topliss-reactive ketones (excluding diaryl/α,β-unsaturated/α-hetero) is 1. The van der Waals surface area contributed by atoms with Gasteiger partial charge in [0.2, 0.25) is 0 Å². The van der Waals surface area contributed by atoms with Crippen LogP contribution in [0.2, 0.25) is 0 Å². The summed E-state index contributed by atoms with van der Waals surface area (Å²) in [6.07, 6.45) is 5.62. The molecule has 1 atom stereocenters. The fraction of sp³-hybridized carbons (Fsp3) is 0.280. The normalized spacial score (nSPS) is 17.3. The summed E-state index contributed by atoms with van der Waals surface area (Å²) in [7, 11) is 1.24. The van der Waals surface area contributed by atoms with E-state index in [0.29, 0.717) is 29.8 Å². The SMILES string of the molecule is COC(=O)c1[nH]c(C)c(/C(O)=C2\C(=O)C(=O)N(CCCn3ccnc3)[C@H]2c2ccc(F)cc2)c1C. The molecule has 2 aromatic heterocycles. The summed E-state index contributed by atoms with van der Waals surface area (Å²) < 4.78 is 20.3. The second-order valence-electron chi connectivity index (χ2n) is 8.31. The fourth-order valence-electron chi connectivity index (χ4n) is 4.49. The van der Waals surface area contributed by atoms with E-state index in [0.717, 1.165) is 0 Å². The molecule has 1 fully saturated rings. The number of ether oxygens (including phenoxy) is 1. The summed E-state index contributed by atoms with van der Waals surface area (Å²) in [6.45, 7) is 4.04. The lowest BCUT2D eigenvalue weighted by Gasteiger charge is -2.25. The van der Waals surface area contributed by atoms with E-state index in [1.54, 1.807) is 32.6 Å². The number of H-pyrrole nitrogens is 1. The average molecular weight is 480 g/mol. The fourth-order valence-corrected chi connectivity index (χ4v) is 4.49. The first-order valence-electron chi connectivity index (χ1n) is 11.0. The van der Waals surface area contributed by atoms with Gasteiger partial charge in [-0.1, -0.05) is 12.1 Å². The molecule has 3 aromatic rings. The van der Waals surface area contributed by atoms with Crippen LogP contribution in [0.25, 0.3) is 5.76 Å². The minimum absolute atomic E-state index is 0.120. The predicted molar refractivity (Wildman–Crippen MR) is 124 cm³/mol. The minimum Gasteiger partial charge on any atom is -0.507 e. The lowest BCUT2D eigenvalue weighted by atomic mass is 9.94. The minimum atomic E-state index is -0.923. The van der Waals surface area contributed by atoms with Crippen molar-refractivity contribution in [3.63, 3.8) is 0 Å². The van der Waals surface area contributed by atoms with E-state index in [1.165, 1.54) is 36.3 Å². The average Bonchev–Trinajstić information content (AvgIpc) is 3.52. The first-order chi connectivity index (χ1) is 16.7. The van der Waals surface area contributed by atoms with E-state index >= 15 is 0 Å². The number of nitrogens with one attached hydrogen (secondary N) is 1. The summed E-state index contributed by atoms with van der Waals surface area (Å²) in [6, 6.07) is 4.53. The lowest BCUT2D eigenvalue weighted by molar-refractivity contribution is -0.139. The number of ketones is 1. The monoisotopic (exact) mass is 480 g/mol. The lowest BCUT2D eigenvalue weighted by Crippen LogP contribution is -2.31. The van der Waals surface area contributed by atoms with Crippen molar-refractivity contribution in [2.45, 2.75) is 32.9 Å². The maximum absolute atomic E-state index is 13.7. The van der Waals surface area contributed by atoms with Gasteiger partial charge in [0.1, 0.15) is 17.3 Å². The van der Waals surface area contributed by atoms with Gasteiger partial charge in [0.05, 0.1) is 25.1 Å². The van der Waals surface area contributed by atoms with Crippen molar-refractivity contribution in [3.05, 3.63) is 82.5 Å². The van der Waals surface area contributed by atoms with Gasteiger partial charge in [-0.05, 0) is 43.5 Å². The van der Waals surface area contributed by atoms with Crippen LogP contribution in [0.1, 0.15) is 45.3 Å². The Bertz CT molecular complexity index is 1310. The summed E-state index contributed by atoms with van der Waals surface area (Å²) in [5.74, 6) is -3.11. The number of aromatic amines is 1. The number of methoxy groups -OCH3 is 1. The molecule has 0 bridgehead atoms. The van der Waals surface area contributed by atoms with Gasteiger partial charge in [0, 0.05) is 36.7 Å². The molecule has 2 N–H and O–H groups in total. The highest BCUT2D eigenvalue weighted by Gasteiger charge is 2.46. The number of aliphatic hydroxyl groups is 1. The van der Waals surface area contributed by atoms with E-state index in [9.17, 15) is 23.9 Å². The van der Waals surface area contributed by atoms with E-state index in [4.69, 9.17) is 4.74 Å². The van der Waals surface area contributed by atoms with Crippen LogP contribution in [-0.4, -0.2) is 55.9 Å². The molecule has 182 valence electrons. The molecule has 1 aliphatic rings. The van der Waals surface area contributed by atoms with Crippen molar-refractivity contribution in [1.82, 2.24) is 19.4 Å². The van der Waals surface area contributed by atoms with Gasteiger partial charge in [-0.2, -0.15) is 0 Å². The number of likely N-dealkylation sites (tertiary alicyclic amines) is 1. The van der Waals surface area contributed by atoms with Crippen molar-refractivity contribution in [2.24, 2.45) is 0 Å². The number of hydrogen-bond donors (Lipinski definition) is 2. The van der Waals surface area contributed by atoms with Crippen molar-refractivity contribution < 1.29 is 28.6 Å². The Kier molecular flexibility index (Phi) is 6.54. The molecular weight excluding hydrogens is 455 g/mol. The highest BCUT2D eigenvalue weighted by molar-refractivity contribution is 6.46. The maximum atomic E-state index is 13.7. The van der Waals surface area contributed by atoms with Gasteiger partial charge in [0.25, 0.3) is 11.7 Å². The highest BCUT2D eigenvalue weighted by Crippen LogP contribution is 2.41. The molecule has 35 heavy (non-hydrogen) atoms. The van der Waals surface area contributed by atoms with Crippen molar-refractivity contribution in [1.29, 1.82) is 0 Å². The number of imidazole rings is 1. The number of esters is 1. The molecule has 1 amide bonds. The molecule has 4 rings (SSSR count). The van der Waals surface area contributed by atoms with Crippen LogP contribution < -0.4 is 0 Å². The van der Waals surface area contributed by atoms with Crippen LogP contribution in [0.3, 0.4) is 0 Å². The molecule has 10 heteroatoms. The Morgan fingerprint density at radius 1 is 1.20 bits per heavy atom. The first kappa shape index (κ1) is 23.9. The number of hydrogen-bond acceptors (Lipinski definition) is 6. The zero-order chi connectivity index (χ0) is 25.3. The number of halogens is 1. The summed E-state index contributed by atoms with van der Waals surface area (Å²) >= 11 is 0. The second kappa shape index (κ2) is 9.57. The Morgan fingerprint density at radius 2 is 1.91 bits per heavy atom. The van der Waals surface area contributed by atoms with Crippen LogP contribution in [0.15, 0.2) is 48.6 Å². The number of benzene rings is 1. The quantitative estimate of drug-likeness (QED) is 0.232. The Labute approximate surface area is 200 Å². The van der Waals surface area contributed by atoms with E-state index in [2.05, 4.69) is 9.97 Å². The highest BCUT2D eigenvalue weighted by atomic mass is 19.1. The molecule has 0 spiro atoms. The number of rotatable bonds is 7. The number of amides is 1. The molecule has 9 nitrogen and oxygen atoms in total. The topological polar surface area (TPSA) is 118 Å². The van der Waals surface area contributed by atoms with Crippen molar-refractivity contribution in [3.8, 4) is 0 Å². The summed E-state index contributed by atoms with van der Waals surface area (Å²) in [5, 5.41) is 11.3.